The van der Waals surface area contributed by atoms with Gasteiger partial charge < -0.3 is 19.9 Å². The number of ether oxygens (including phenoxy) is 1. The Morgan fingerprint density at radius 1 is 1.27 bits per heavy atom. The van der Waals surface area contributed by atoms with Crippen molar-refractivity contribution in [2.75, 3.05) is 18.4 Å². The lowest BCUT2D eigenvalue weighted by atomic mass is 9.92. The van der Waals surface area contributed by atoms with Crippen molar-refractivity contribution in [1.82, 2.24) is 15.3 Å². The molecule has 174 valence electrons. The van der Waals surface area contributed by atoms with Crippen molar-refractivity contribution in [3.8, 4) is 0 Å². The van der Waals surface area contributed by atoms with Gasteiger partial charge in [-0.3, -0.25) is 9.59 Å². The number of nitrogens with zero attached hydrogens (tertiary/aromatic N) is 2. The van der Waals surface area contributed by atoms with E-state index in [4.69, 9.17) is 4.74 Å². The Balaban J connectivity index is 1.24. The van der Waals surface area contributed by atoms with E-state index in [0.717, 1.165) is 35.7 Å². The van der Waals surface area contributed by atoms with Crippen molar-refractivity contribution in [3.63, 3.8) is 0 Å². The number of carbonyl (C=O) groups excluding carboxylic acids is 3. The van der Waals surface area contributed by atoms with Crippen molar-refractivity contribution in [2.24, 2.45) is 22.9 Å². The summed E-state index contributed by atoms with van der Waals surface area (Å²) >= 11 is 0. The Labute approximate surface area is 191 Å². The molecule has 2 aromatic rings. The standard InChI is InChI=1S/C24H29N5O4/c1-24(2,3)33-23(32)29-6-4-5-13(12-29)16-9-17(16)21(30)27-15-7-18-20-14(10-25-19(20)8-15)11-26-28-22(18)31/h7-8,10-11,13,16-17,25H,4-6,9,12H2,1-3H3,(H,27,30)(H,28,31). The summed E-state index contributed by atoms with van der Waals surface area (Å²) in [6, 6.07) is 3.54. The molecular formula is C24H29N5O4. The van der Waals surface area contributed by atoms with Gasteiger partial charge in [0.1, 0.15) is 5.60 Å². The molecule has 1 aromatic heterocycles. The molecule has 1 aliphatic carbocycles. The number of aromatic amines is 1. The Hall–Kier alpha value is -3.36. The van der Waals surface area contributed by atoms with E-state index in [0.29, 0.717) is 30.3 Å². The predicted octanol–water partition coefficient (Wildman–Crippen LogP) is 3.47. The van der Waals surface area contributed by atoms with Crippen LogP contribution in [-0.4, -0.2) is 52.7 Å². The van der Waals surface area contributed by atoms with Crippen LogP contribution in [0.2, 0.25) is 0 Å². The summed E-state index contributed by atoms with van der Waals surface area (Å²) in [5, 5.41) is 7.71. The summed E-state index contributed by atoms with van der Waals surface area (Å²) in [5.41, 5.74) is 4.63. The lowest BCUT2D eigenvalue weighted by Gasteiger charge is -2.34. The number of piperidine rings is 1. The molecule has 9 heteroatoms. The first kappa shape index (κ1) is 21.5. The molecule has 0 bridgehead atoms. The molecule has 5 rings (SSSR count). The van der Waals surface area contributed by atoms with E-state index >= 15 is 0 Å². The molecule has 3 aliphatic rings. The molecule has 9 nitrogen and oxygen atoms in total. The number of H-pyrrole nitrogens is 1. The van der Waals surface area contributed by atoms with Crippen LogP contribution in [0.25, 0.3) is 10.9 Å². The van der Waals surface area contributed by atoms with Gasteiger partial charge in [0.05, 0.1) is 11.8 Å². The third-order valence-corrected chi connectivity index (χ3v) is 6.58. The maximum absolute atomic E-state index is 13.0. The molecule has 2 aliphatic heterocycles. The third kappa shape index (κ3) is 4.31. The summed E-state index contributed by atoms with van der Waals surface area (Å²) < 4.78 is 5.52. The number of anilines is 1. The van der Waals surface area contributed by atoms with Crippen molar-refractivity contribution < 1.29 is 19.1 Å². The van der Waals surface area contributed by atoms with Crippen LogP contribution >= 0.6 is 0 Å². The lowest BCUT2D eigenvalue weighted by molar-refractivity contribution is -0.117. The molecule has 1 saturated heterocycles. The van der Waals surface area contributed by atoms with Gasteiger partial charge in [-0.1, -0.05) is 0 Å². The highest BCUT2D eigenvalue weighted by molar-refractivity contribution is 6.15. The van der Waals surface area contributed by atoms with E-state index in [2.05, 4.69) is 20.8 Å². The summed E-state index contributed by atoms with van der Waals surface area (Å²) in [4.78, 5) is 42.8. The summed E-state index contributed by atoms with van der Waals surface area (Å²) in [7, 11) is 0. The number of hydrogen-bond acceptors (Lipinski definition) is 5. The minimum atomic E-state index is -0.519. The van der Waals surface area contributed by atoms with Crippen LogP contribution in [-0.2, 0) is 9.53 Å². The maximum atomic E-state index is 13.0. The molecule has 1 aromatic carbocycles. The zero-order valence-corrected chi connectivity index (χ0v) is 19.1. The van der Waals surface area contributed by atoms with Gasteiger partial charge in [-0.25, -0.2) is 10.2 Å². The number of carbonyl (C=O) groups is 3. The molecule has 3 heterocycles. The Morgan fingerprint density at radius 3 is 2.88 bits per heavy atom. The second-order valence-corrected chi connectivity index (χ2v) is 10.2. The molecule has 0 radical (unpaired) electrons. The fourth-order valence-corrected chi connectivity index (χ4v) is 4.99. The van der Waals surface area contributed by atoms with Crippen LogP contribution in [0.5, 0.6) is 0 Å². The van der Waals surface area contributed by atoms with Crippen molar-refractivity contribution >= 4 is 40.7 Å². The van der Waals surface area contributed by atoms with Crippen molar-refractivity contribution in [1.29, 1.82) is 0 Å². The number of rotatable bonds is 3. The summed E-state index contributed by atoms with van der Waals surface area (Å²) in [5.74, 6) is 0.120. The first-order chi connectivity index (χ1) is 15.7. The van der Waals surface area contributed by atoms with E-state index in [1.807, 2.05) is 26.8 Å². The van der Waals surface area contributed by atoms with Crippen LogP contribution in [0, 0.1) is 17.8 Å². The molecule has 33 heavy (non-hydrogen) atoms. The van der Waals surface area contributed by atoms with Gasteiger partial charge in [0, 0.05) is 47.4 Å². The van der Waals surface area contributed by atoms with Crippen molar-refractivity contribution in [3.05, 3.63) is 29.5 Å². The normalized spacial score (nSPS) is 24.3. The SMILES string of the molecule is CC(C)(C)OC(=O)N1CCCC(C2CC2C(=O)Nc2cc3c4c(c[nH]c4c2)C=NNC3=O)C1. The zero-order chi connectivity index (χ0) is 23.3. The van der Waals surface area contributed by atoms with Crippen molar-refractivity contribution in [2.45, 2.75) is 45.6 Å². The van der Waals surface area contributed by atoms with E-state index in [-0.39, 0.29) is 29.7 Å². The first-order valence-electron chi connectivity index (χ1n) is 11.5. The molecule has 3 unspecified atom stereocenters. The van der Waals surface area contributed by atoms with Crippen LogP contribution in [0.1, 0.15) is 56.0 Å². The molecule has 3 amide bonds. The number of hydrazone groups is 1. The minimum Gasteiger partial charge on any atom is -0.444 e. The highest BCUT2D eigenvalue weighted by atomic mass is 16.6. The molecule has 3 atom stereocenters. The highest BCUT2D eigenvalue weighted by Gasteiger charge is 2.49. The smallest absolute Gasteiger partial charge is 0.410 e. The van der Waals surface area contributed by atoms with Crippen LogP contribution in [0.15, 0.2) is 23.4 Å². The van der Waals surface area contributed by atoms with Crippen LogP contribution in [0.4, 0.5) is 10.5 Å². The first-order valence-corrected chi connectivity index (χ1v) is 11.5. The van der Waals surface area contributed by atoms with Crippen LogP contribution in [0.3, 0.4) is 0 Å². The molecule has 1 saturated carbocycles. The topological polar surface area (TPSA) is 116 Å². The fraction of sp³-hybridized carbons (Fsp3) is 0.500. The fourth-order valence-electron chi connectivity index (χ4n) is 4.99. The quantitative estimate of drug-likeness (QED) is 0.663. The number of likely N-dealkylation sites (tertiary alicyclic amines) is 1. The van der Waals surface area contributed by atoms with Crippen LogP contribution < -0.4 is 10.7 Å². The number of hydrogen-bond donors (Lipinski definition) is 3. The third-order valence-electron chi connectivity index (χ3n) is 6.58. The van der Waals surface area contributed by atoms with Gasteiger partial charge in [-0.15, -0.1) is 0 Å². The minimum absolute atomic E-state index is 0.0435. The molecule has 0 spiro atoms. The average molecular weight is 452 g/mol. The average Bonchev–Trinajstić information content (AvgIpc) is 3.49. The Morgan fingerprint density at radius 2 is 2.09 bits per heavy atom. The van der Waals surface area contributed by atoms with Gasteiger partial charge in [-0.05, 0) is 64.0 Å². The van der Waals surface area contributed by atoms with Gasteiger partial charge in [0.25, 0.3) is 5.91 Å². The number of nitrogens with one attached hydrogen (secondary N) is 3. The van der Waals surface area contributed by atoms with Gasteiger partial charge in [-0.2, -0.15) is 5.10 Å². The second kappa shape index (κ2) is 7.90. The maximum Gasteiger partial charge on any atom is 0.410 e. The van der Waals surface area contributed by atoms with Gasteiger partial charge in [0.15, 0.2) is 0 Å². The highest BCUT2D eigenvalue weighted by Crippen LogP contribution is 2.48. The lowest BCUT2D eigenvalue weighted by Crippen LogP contribution is -2.43. The van der Waals surface area contributed by atoms with E-state index in [1.54, 1.807) is 23.4 Å². The molecular weight excluding hydrogens is 422 g/mol. The van der Waals surface area contributed by atoms with Gasteiger partial charge >= 0.3 is 6.09 Å². The van der Waals surface area contributed by atoms with E-state index < -0.39 is 5.60 Å². The number of amides is 3. The number of aromatic nitrogens is 1. The Kier molecular flexibility index (Phi) is 5.14. The summed E-state index contributed by atoms with van der Waals surface area (Å²) in [6.45, 7) is 6.93. The van der Waals surface area contributed by atoms with E-state index in [1.165, 1.54) is 0 Å². The molecule has 2 fully saturated rings. The Bertz CT molecular complexity index is 1160. The van der Waals surface area contributed by atoms with Gasteiger partial charge in [0.2, 0.25) is 5.91 Å². The largest absolute Gasteiger partial charge is 0.444 e. The number of benzene rings is 1. The summed E-state index contributed by atoms with van der Waals surface area (Å²) in [6.07, 6.45) is 5.86. The predicted molar refractivity (Wildman–Crippen MR) is 124 cm³/mol. The zero-order valence-electron chi connectivity index (χ0n) is 19.1. The second-order valence-electron chi connectivity index (χ2n) is 10.2. The molecule has 3 N–H and O–H groups in total. The van der Waals surface area contributed by atoms with E-state index in [9.17, 15) is 14.4 Å². The monoisotopic (exact) mass is 451 g/mol.